The highest BCUT2D eigenvalue weighted by Gasteiger charge is 2.21. The van der Waals surface area contributed by atoms with E-state index in [-0.39, 0.29) is 18.2 Å². The van der Waals surface area contributed by atoms with Gasteiger partial charge in [0, 0.05) is 18.7 Å². The fraction of sp³-hybridized carbons (Fsp3) is 0.500. The van der Waals surface area contributed by atoms with E-state index in [0.717, 1.165) is 12.1 Å². The molecule has 2 unspecified atom stereocenters. The van der Waals surface area contributed by atoms with Crippen LogP contribution in [0.3, 0.4) is 0 Å². The third kappa shape index (κ3) is 4.23. The minimum absolute atomic E-state index is 0.0395. The molecule has 19 heavy (non-hydrogen) atoms. The lowest BCUT2D eigenvalue weighted by molar-refractivity contribution is -0.387. The smallest absolute Gasteiger partial charge is 0.305 e. The summed E-state index contributed by atoms with van der Waals surface area (Å²) in [5.74, 6) is -0.929. The molecule has 0 saturated heterocycles. The molecule has 1 aromatic carbocycles. The number of benzene rings is 1. The first-order valence-corrected chi connectivity index (χ1v) is 5.93. The summed E-state index contributed by atoms with van der Waals surface area (Å²) in [4.78, 5) is 9.79. The van der Waals surface area contributed by atoms with Gasteiger partial charge in [-0.1, -0.05) is 6.07 Å². The summed E-state index contributed by atoms with van der Waals surface area (Å²) in [5, 5.41) is 32.2. The first-order valence-electron chi connectivity index (χ1n) is 5.93. The number of hydrogen-bond donors (Lipinski definition) is 3. The van der Waals surface area contributed by atoms with Gasteiger partial charge in [-0.2, -0.15) is 4.39 Å². The number of aliphatic hydroxyl groups excluding tert-OH is 2. The standard InChI is InChI=1S/C12H17FN2O4/c1-8(14-5-2-6-16)12(17)9-3-4-10(13)11(7-9)15(18)19/h3-4,7-8,12,14,16-17H,2,5-6H2,1H3. The van der Waals surface area contributed by atoms with Crippen LogP contribution in [-0.4, -0.2) is 34.3 Å². The van der Waals surface area contributed by atoms with Gasteiger partial charge in [0.1, 0.15) is 0 Å². The third-order valence-corrected chi connectivity index (χ3v) is 2.78. The van der Waals surface area contributed by atoms with Crippen LogP contribution in [-0.2, 0) is 0 Å². The molecule has 7 heteroatoms. The molecule has 6 nitrogen and oxygen atoms in total. The van der Waals surface area contributed by atoms with Crippen LogP contribution in [0.2, 0.25) is 0 Å². The second-order valence-electron chi connectivity index (χ2n) is 4.23. The molecule has 0 bridgehead atoms. The number of rotatable bonds is 7. The molecule has 2 atom stereocenters. The van der Waals surface area contributed by atoms with Crippen molar-refractivity contribution < 1.29 is 19.5 Å². The number of nitrogens with zero attached hydrogens (tertiary/aromatic N) is 1. The normalized spacial score (nSPS) is 14.1. The molecule has 3 N–H and O–H groups in total. The molecule has 1 rings (SSSR count). The average molecular weight is 272 g/mol. The van der Waals surface area contributed by atoms with Crippen LogP contribution in [0, 0.1) is 15.9 Å². The van der Waals surface area contributed by atoms with Crippen molar-refractivity contribution in [1.82, 2.24) is 5.32 Å². The number of nitrogens with one attached hydrogen (secondary N) is 1. The highest BCUT2D eigenvalue weighted by atomic mass is 19.1. The van der Waals surface area contributed by atoms with E-state index in [2.05, 4.69) is 5.32 Å². The van der Waals surface area contributed by atoms with Crippen molar-refractivity contribution in [3.63, 3.8) is 0 Å². The second kappa shape index (κ2) is 7.13. The lowest BCUT2D eigenvalue weighted by atomic mass is 10.0. The van der Waals surface area contributed by atoms with E-state index in [0.29, 0.717) is 13.0 Å². The molecule has 1 aromatic rings. The molecule has 0 aliphatic heterocycles. The fourth-order valence-electron chi connectivity index (χ4n) is 1.66. The monoisotopic (exact) mass is 272 g/mol. The Morgan fingerprint density at radius 1 is 1.53 bits per heavy atom. The van der Waals surface area contributed by atoms with E-state index in [1.54, 1.807) is 6.92 Å². The van der Waals surface area contributed by atoms with Crippen molar-refractivity contribution in [2.45, 2.75) is 25.5 Å². The molecular weight excluding hydrogens is 255 g/mol. The van der Waals surface area contributed by atoms with E-state index in [4.69, 9.17) is 5.11 Å². The highest BCUT2D eigenvalue weighted by Crippen LogP contribution is 2.24. The summed E-state index contributed by atoms with van der Waals surface area (Å²) in [7, 11) is 0. The van der Waals surface area contributed by atoms with Gasteiger partial charge in [-0.15, -0.1) is 0 Å². The Bertz CT molecular complexity index is 442. The van der Waals surface area contributed by atoms with Crippen LogP contribution in [0.25, 0.3) is 0 Å². The van der Waals surface area contributed by atoms with E-state index in [1.807, 2.05) is 0 Å². The minimum atomic E-state index is -0.988. The number of halogens is 1. The van der Waals surface area contributed by atoms with Crippen molar-refractivity contribution in [3.8, 4) is 0 Å². The summed E-state index contributed by atoms with van der Waals surface area (Å²) in [6.07, 6.45) is -0.446. The Morgan fingerprint density at radius 2 is 2.21 bits per heavy atom. The van der Waals surface area contributed by atoms with Gasteiger partial charge in [-0.05, 0) is 31.5 Å². The molecule has 0 amide bonds. The summed E-state index contributed by atoms with van der Waals surface area (Å²) in [5.41, 5.74) is -0.379. The molecule has 0 radical (unpaired) electrons. The topological polar surface area (TPSA) is 95.6 Å². The minimum Gasteiger partial charge on any atom is -0.396 e. The van der Waals surface area contributed by atoms with Gasteiger partial charge >= 0.3 is 5.69 Å². The zero-order valence-electron chi connectivity index (χ0n) is 10.5. The Morgan fingerprint density at radius 3 is 2.79 bits per heavy atom. The van der Waals surface area contributed by atoms with E-state index >= 15 is 0 Å². The maximum atomic E-state index is 13.2. The van der Waals surface area contributed by atoms with Crippen molar-refractivity contribution in [3.05, 3.63) is 39.7 Å². The molecule has 106 valence electrons. The van der Waals surface area contributed by atoms with Crippen LogP contribution in [0.1, 0.15) is 25.0 Å². The van der Waals surface area contributed by atoms with E-state index < -0.39 is 22.5 Å². The lowest BCUT2D eigenvalue weighted by Crippen LogP contribution is -2.33. The predicted molar refractivity (Wildman–Crippen MR) is 67.2 cm³/mol. The number of nitro benzene ring substituents is 1. The number of aliphatic hydroxyl groups is 2. The van der Waals surface area contributed by atoms with Crippen LogP contribution in [0.5, 0.6) is 0 Å². The number of hydrogen-bond acceptors (Lipinski definition) is 5. The molecule has 0 saturated carbocycles. The Kier molecular flexibility index (Phi) is 5.81. The van der Waals surface area contributed by atoms with Gasteiger partial charge in [0.15, 0.2) is 0 Å². The molecule has 0 aliphatic rings. The maximum Gasteiger partial charge on any atom is 0.305 e. The zero-order chi connectivity index (χ0) is 14.4. The van der Waals surface area contributed by atoms with Gasteiger partial charge in [0.05, 0.1) is 11.0 Å². The highest BCUT2D eigenvalue weighted by molar-refractivity contribution is 5.37. The summed E-state index contributed by atoms with van der Waals surface area (Å²) >= 11 is 0. The molecule has 0 heterocycles. The summed E-state index contributed by atoms with van der Waals surface area (Å²) in [6, 6.07) is 2.95. The van der Waals surface area contributed by atoms with Crippen molar-refractivity contribution >= 4 is 5.69 Å². The van der Waals surface area contributed by atoms with Crippen molar-refractivity contribution in [2.75, 3.05) is 13.2 Å². The Balaban J connectivity index is 2.78. The van der Waals surface area contributed by atoms with Crippen molar-refractivity contribution in [2.24, 2.45) is 0 Å². The van der Waals surface area contributed by atoms with E-state index in [9.17, 15) is 19.6 Å². The zero-order valence-corrected chi connectivity index (χ0v) is 10.5. The SMILES string of the molecule is CC(NCCCO)C(O)c1ccc(F)c([N+](=O)[O-])c1. The van der Waals surface area contributed by atoms with Crippen LogP contribution in [0.15, 0.2) is 18.2 Å². The van der Waals surface area contributed by atoms with Gasteiger partial charge in [0.25, 0.3) is 0 Å². The average Bonchev–Trinajstić information content (AvgIpc) is 2.38. The summed E-state index contributed by atoms with van der Waals surface area (Å²) < 4.78 is 13.2. The molecule has 0 aromatic heterocycles. The van der Waals surface area contributed by atoms with Gasteiger partial charge < -0.3 is 15.5 Å². The fourth-order valence-corrected chi connectivity index (χ4v) is 1.66. The molecule has 0 aliphatic carbocycles. The van der Waals surface area contributed by atoms with Crippen LogP contribution < -0.4 is 5.32 Å². The molecule has 0 spiro atoms. The quantitative estimate of drug-likeness (QED) is 0.393. The predicted octanol–water partition coefficient (Wildman–Crippen LogP) is 1.13. The van der Waals surface area contributed by atoms with Crippen LogP contribution in [0.4, 0.5) is 10.1 Å². The first-order chi connectivity index (χ1) is 8.97. The molecular formula is C12H17FN2O4. The van der Waals surface area contributed by atoms with Crippen molar-refractivity contribution in [1.29, 1.82) is 0 Å². The van der Waals surface area contributed by atoms with Gasteiger partial charge in [-0.25, -0.2) is 0 Å². The molecule has 0 fully saturated rings. The van der Waals surface area contributed by atoms with Crippen LogP contribution >= 0.6 is 0 Å². The second-order valence-corrected chi connectivity index (χ2v) is 4.23. The lowest BCUT2D eigenvalue weighted by Gasteiger charge is -2.20. The summed E-state index contributed by atoms with van der Waals surface area (Å²) in [6.45, 7) is 2.26. The van der Waals surface area contributed by atoms with E-state index in [1.165, 1.54) is 6.07 Å². The maximum absolute atomic E-state index is 13.2. The first kappa shape index (κ1) is 15.5. The van der Waals surface area contributed by atoms with Gasteiger partial charge in [0.2, 0.25) is 5.82 Å². The van der Waals surface area contributed by atoms with Gasteiger partial charge in [-0.3, -0.25) is 10.1 Å². The number of nitro groups is 1. The third-order valence-electron chi connectivity index (χ3n) is 2.78. The Hall–Kier alpha value is -1.57. The largest absolute Gasteiger partial charge is 0.396 e. The Labute approximate surface area is 110 Å².